The molecule has 1 aromatic carbocycles. The van der Waals surface area contributed by atoms with Crippen LogP contribution in [0.15, 0.2) is 42.7 Å². The summed E-state index contributed by atoms with van der Waals surface area (Å²) >= 11 is 0. The van der Waals surface area contributed by atoms with Gasteiger partial charge in [-0.25, -0.2) is 4.98 Å². The van der Waals surface area contributed by atoms with Gasteiger partial charge in [0.25, 0.3) is 0 Å². The number of nitrogens with zero attached hydrogens (tertiary/aromatic N) is 4. The van der Waals surface area contributed by atoms with Crippen LogP contribution < -0.4 is 0 Å². The molecule has 0 amide bonds. The second-order valence-corrected chi connectivity index (χ2v) is 6.15. The molecule has 1 aliphatic heterocycles. The molecule has 0 aliphatic carbocycles. The summed E-state index contributed by atoms with van der Waals surface area (Å²) in [5.74, 6) is 1.12. The maximum Gasteiger partial charge on any atom is 0.123 e. The van der Waals surface area contributed by atoms with Crippen LogP contribution in [-0.2, 0) is 17.8 Å². The first-order valence-corrected chi connectivity index (χ1v) is 8.34. The maximum atomic E-state index is 5.40. The molecule has 23 heavy (non-hydrogen) atoms. The van der Waals surface area contributed by atoms with E-state index in [1.807, 2.05) is 6.20 Å². The van der Waals surface area contributed by atoms with E-state index in [1.54, 1.807) is 0 Å². The molecule has 124 valence electrons. The highest BCUT2D eigenvalue weighted by Crippen LogP contribution is 2.07. The first-order valence-electron chi connectivity index (χ1n) is 8.34. The van der Waals surface area contributed by atoms with E-state index >= 15 is 0 Å². The van der Waals surface area contributed by atoms with Gasteiger partial charge in [-0.3, -0.25) is 9.80 Å². The molecule has 0 radical (unpaired) electrons. The molecular weight excluding hydrogens is 288 g/mol. The van der Waals surface area contributed by atoms with Crippen molar-refractivity contribution in [2.45, 2.75) is 13.1 Å². The number of imidazole rings is 1. The minimum atomic E-state index is 0.866. The fourth-order valence-corrected chi connectivity index (χ4v) is 2.87. The van der Waals surface area contributed by atoms with Gasteiger partial charge in [0.15, 0.2) is 0 Å². The van der Waals surface area contributed by atoms with E-state index < -0.39 is 0 Å². The van der Waals surface area contributed by atoms with E-state index in [0.717, 1.165) is 58.3 Å². The molecule has 3 rings (SSSR count). The summed E-state index contributed by atoms with van der Waals surface area (Å²) in [6, 6.07) is 10.5. The molecule has 0 bridgehead atoms. The molecule has 0 unspecified atom stereocenters. The number of morpholine rings is 1. The predicted octanol–water partition coefficient (Wildman–Crippen LogP) is 1.70. The number of likely N-dealkylation sites (N-methyl/N-ethyl adjacent to an activating group) is 1. The van der Waals surface area contributed by atoms with Crippen LogP contribution in [0.1, 0.15) is 11.4 Å². The molecule has 2 heterocycles. The largest absolute Gasteiger partial charge is 0.379 e. The Bertz CT molecular complexity index is 578. The molecule has 1 aliphatic rings. The second-order valence-electron chi connectivity index (χ2n) is 6.15. The van der Waals surface area contributed by atoms with Crippen molar-refractivity contribution in [2.75, 3.05) is 46.4 Å². The van der Waals surface area contributed by atoms with Crippen LogP contribution in [0.4, 0.5) is 0 Å². The van der Waals surface area contributed by atoms with Gasteiger partial charge in [-0.2, -0.15) is 0 Å². The predicted molar refractivity (Wildman–Crippen MR) is 91.4 cm³/mol. The maximum absolute atomic E-state index is 5.40. The average molecular weight is 314 g/mol. The summed E-state index contributed by atoms with van der Waals surface area (Å²) in [5, 5.41) is 0. The van der Waals surface area contributed by atoms with E-state index in [1.165, 1.54) is 5.56 Å². The van der Waals surface area contributed by atoms with Gasteiger partial charge in [0.2, 0.25) is 0 Å². The van der Waals surface area contributed by atoms with Gasteiger partial charge in [-0.1, -0.05) is 30.3 Å². The topological polar surface area (TPSA) is 33.5 Å². The zero-order valence-corrected chi connectivity index (χ0v) is 13.9. The molecule has 0 saturated carbocycles. The smallest absolute Gasteiger partial charge is 0.123 e. The molecule has 0 atom stereocenters. The van der Waals surface area contributed by atoms with Crippen molar-refractivity contribution in [3.05, 3.63) is 54.1 Å². The summed E-state index contributed by atoms with van der Waals surface area (Å²) in [6.07, 6.45) is 3.96. The highest BCUT2D eigenvalue weighted by Gasteiger charge is 2.12. The SMILES string of the molecule is CN(CCN1CCOCC1)Cc1nccn1Cc1ccccc1. The third-order valence-electron chi connectivity index (χ3n) is 4.31. The van der Waals surface area contributed by atoms with E-state index in [9.17, 15) is 0 Å². The summed E-state index contributed by atoms with van der Waals surface area (Å²) in [5.41, 5.74) is 1.31. The van der Waals surface area contributed by atoms with Gasteiger partial charge < -0.3 is 9.30 Å². The van der Waals surface area contributed by atoms with E-state index in [2.05, 4.69) is 62.9 Å². The first kappa shape index (κ1) is 16.2. The van der Waals surface area contributed by atoms with Gasteiger partial charge >= 0.3 is 0 Å². The molecule has 2 aromatic rings. The lowest BCUT2D eigenvalue weighted by Crippen LogP contribution is -2.40. The Labute approximate surface area is 138 Å². The number of hydrogen-bond acceptors (Lipinski definition) is 4. The summed E-state index contributed by atoms with van der Waals surface area (Å²) in [6.45, 7) is 7.75. The minimum Gasteiger partial charge on any atom is -0.379 e. The molecule has 5 nitrogen and oxygen atoms in total. The average Bonchev–Trinajstić information content (AvgIpc) is 3.02. The quantitative estimate of drug-likeness (QED) is 0.779. The summed E-state index contributed by atoms with van der Waals surface area (Å²) < 4.78 is 7.63. The van der Waals surface area contributed by atoms with Crippen LogP contribution in [-0.4, -0.2) is 65.8 Å². The molecule has 1 saturated heterocycles. The summed E-state index contributed by atoms with van der Waals surface area (Å²) in [7, 11) is 2.17. The van der Waals surface area contributed by atoms with Crippen LogP contribution in [0.2, 0.25) is 0 Å². The van der Waals surface area contributed by atoms with Crippen LogP contribution in [0.5, 0.6) is 0 Å². The zero-order chi connectivity index (χ0) is 15.9. The monoisotopic (exact) mass is 314 g/mol. The molecule has 0 N–H and O–H groups in total. The van der Waals surface area contributed by atoms with Gasteiger partial charge in [0, 0.05) is 45.1 Å². The minimum absolute atomic E-state index is 0.866. The van der Waals surface area contributed by atoms with Crippen molar-refractivity contribution in [1.29, 1.82) is 0 Å². The molecule has 5 heteroatoms. The summed E-state index contributed by atoms with van der Waals surface area (Å²) in [4.78, 5) is 9.35. The van der Waals surface area contributed by atoms with E-state index in [0.29, 0.717) is 0 Å². The van der Waals surface area contributed by atoms with Crippen LogP contribution in [0, 0.1) is 0 Å². The van der Waals surface area contributed by atoms with E-state index in [4.69, 9.17) is 4.74 Å². The van der Waals surface area contributed by atoms with Crippen LogP contribution >= 0.6 is 0 Å². The fourth-order valence-electron chi connectivity index (χ4n) is 2.87. The van der Waals surface area contributed by atoms with Crippen molar-refractivity contribution < 1.29 is 4.74 Å². The molecule has 1 fully saturated rings. The fraction of sp³-hybridized carbons (Fsp3) is 0.500. The molecule has 0 spiro atoms. The van der Waals surface area contributed by atoms with Crippen molar-refractivity contribution in [3.63, 3.8) is 0 Å². The van der Waals surface area contributed by atoms with Gasteiger partial charge in [-0.15, -0.1) is 0 Å². The lowest BCUT2D eigenvalue weighted by Gasteiger charge is -2.28. The molecule has 1 aromatic heterocycles. The first-order chi connectivity index (χ1) is 11.3. The highest BCUT2D eigenvalue weighted by molar-refractivity contribution is 5.15. The standard InChI is InChI=1S/C18H26N4O/c1-20(9-10-21-11-13-23-14-12-21)16-18-19-7-8-22(18)15-17-5-3-2-4-6-17/h2-8H,9-16H2,1H3. The normalized spacial score (nSPS) is 16.1. The van der Waals surface area contributed by atoms with Gasteiger partial charge in [0.05, 0.1) is 19.8 Å². The van der Waals surface area contributed by atoms with Crippen molar-refractivity contribution in [3.8, 4) is 0 Å². The van der Waals surface area contributed by atoms with Crippen LogP contribution in [0.3, 0.4) is 0 Å². The Hall–Kier alpha value is -1.69. The number of ether oxygens (including phenoxy) is 1. The Balaban J connectivity index is 1.50. The Morgan fingerprint density at radius 3 is 2.74 bits per heavy atom. The Kier molecular flexibility index (Phi) is 5.80. The lowest BCUT2D eigenvalue weighted by molar-refractivity contribution is 0.0341. The van der Waals surface area contributed by atoms with Gasteiger partial charge in [-0.05, 0) is 12.6 Å². The number of benzene rings is 1. The highest BCUT2D eigenvalue weighted by atomic mass is 16.5. The number of hydrogen-bond donors (Lipinski definition) is 0. The van der Waals surface area contributed by atoms with Crippen molar-refractivity contribution in [1.82, 2.24) is 19.4 Å². The third-order valence-corrected chi connectivity index (χ3v) is 4.31. The third kappa shape index (κ3) is 4.89. The second kappa shape index (κ2) is 8.24. The number of aromatic nitrogens is 2. The van der Waals surface area contributed by atoms with Crippen molar-refractivity contribution >= 4 is 0 Å². The lowest BCUT2D eigenvalue weighted by atomic mass is 10.2. The zero-order valence-electron chi connectivity index (χ0n) is 13.9. The molecular formula is C18H26N4O. The van der Waals surface area contributed by atoms with Crippen molar-refractivity contribution in [2.24, 2.45) is 0 Å². The number of rotatable bonds is 7. The Morgan fingerprint density at radius 2 is 1.96 bits per heavy atom. The van der Waals surface area contributed by atoms with Gasteiger partial charge in [0.1, 0.15) is 5.82 Å². The van der Waals surface area contributed by atoms with Crippen LogP contribution in [0.25, 0.3) is 0 Å². The van der Waals surface area contributed by atoms with E-state index in [-0.39, 0.29) is 0 Å². The Morgan fingerprint density at radius 1 is 1.17 bits per heavy atom.